The summed E-state index contributed by atoms with van der Waals surface area (Å²) in [6, 6.07) is 14.8. The van der Waals surface area contributed by atoms with Gasteiger partial charge in [0, 0.05) is 5.02 Å². The Bertz CT molecular complexity index is 629. The molecule has 1 amide bonds. The van der Waals surface area contributed by atoms with Gasteiger partial charge in [0.15, 0.2) is 0 Å². The first kappa shape index (κ1) is 16.2. The molecular weight excluding hydrogens is 300 g/mol. The van der Waals surface area contributed by atoms with Crippen molar-refractivity contribution in [1.82, 2.24) is 5.32 Å². The molecule has 0 saturated carbocycles. The normalized spacial score (nSPS) is 11.6. The van der Waals surface area contributed by atoms with Crippen LogP contribution in [0.4, 0.5) is 5.69 Å². The molecule has 22 heavy (non-hydrogen) atoms. The molecule has 0 bridgehead atoms. The van der Waals surface area contributed by atoms with Crippen LogP contribution in [0.3, 0.4) is 0 Å². The fourth-order valence-electron chi connectivity index (χ4n) is 2.09. The number of ether oxygens (including phenoxy) is 1. The predicted molar refractivity (Wildman–Crippen MR) is 89.5 cm³/mol. The number of para-hydroxylation sites is 2. The molecule has 4 nitrogen and oxygen atoms in total. The van der Waals surface area contributed by atoms with Crippen molar-refractivity contribution in [3.63, 3.8) is 0 Å². The summed E-state index contributed by atoms with van der Waals surface area (Å²) in [4.78, 5) is 12.0. The van der Waals surface area contributed by atoms with E-state index in [0.29, 0.717) is 10.8 Å². The highest BCUT2D eigenvalue weighted by Gasteiger charge is 2.10. The number of anilines is 1. The fourth-order valence-corrected chi connectivity index (χ4v) is 2.22. The van der Waals surface area contributed by atoms with E-state index in [4.69, 9.17) is 16.3 Å². The molecule has 0 aliphatic carbocycles. The van der Waals surface area contributed by atoms with E-state index >= 15 is 0 Å². The van der Waals surface area contributed by atoms with E-state index < -0.39 is 0 Å². The average molecular weight is 319 g/mol. The molecule has 0 aromatic heterocycles. The first-order valence-corrected chi connectivity index (χ1v) is 7.39. The van der Waals surface area contributed by atoms with Gasteiger partial charge in [0.2, 0.25) is 5.91 Å². The van der Waals surface area contributed by atoms with Crippen molar-refractivity contribution in [2.24, 2.45) is 0 Å². The second kappa shape index (κ2) is 7.71. The lowest BCUT2D eigenvalue weighted by molar-refractivity contribution is -0.120. The number of halogens is 1. The molecule has 1 unspecified atom stereocenters. The number of benzene rings is 2. The van der Waals surface area contributed by atoms with Crippen LogP contribution in [0.5, 0.6) is 5.75 Å². The zero-order valence-corrected chi connectivity index (χ0v) is 13.4. The largest absolute Gasteiger partial charge is 0.495 e. The molecule has 0 fully saturated rings. The third-order valence-electron chi connectivity index (χ3n) is 3.29. The van der Waals surface area contributed by atoms with Gasteiger partial charge < -0.3 is 15.4 Å². The van der Waals surface area contributed by atoms with Crippen molar-refractivity contribution in [3.8, 4) is 5.75 Å². The van der Waals surface area contributed by atoms with E-state index in [1.807, 2.05) is 55.5 Å². The summed E-state index contributed by atoms with van der Waals surface area (Å²) in [5.74, 6) is 0.620. The van der Waals surface area contributed by atoms with Crippen molar-refractivity contribution in [3.05, 3.63) is 59.1 Å². The van der Waals surface area contributed by atoms with E-state index in [1.165, 1.54) is 0 Å². The summed E-state index contributed by atoms with van der Waals surface area (Å²) in [7, 11) is 1.60. The fraction of sp³-hybridized carbons (Fsp3) is 0.235. The molecule has 5 heteroatoms. The third kappa shape index (κ3) is 4.40. The van der Waals surface area contributed by atoms with E-state index in [-0.39, 0.29) is 18.5 Å². The molecule has 2 aromatic rings. The maximum absolute atomic E-state index is 12.0. The number of methoxy groups -OCH3 is 1. The second-order valence-corrected chi connectivity index (χ2v) is 5.33. The van der Waals surface area contributed by atoms with Gasteiger partial charge in [-0.15, -0.1) is 0 Å². The minimum Gasteiger partial charge on any atom is -0.495 e. The third-order valence-corrected chi connectivity index (χ3v) is 3.55. The number of carbonyl (C=O) groups is 1. The van der Waals surface area contributed by atoms with E-state index in [0.717, 1.165) is 11.3 Å². The Kier molecular flexibility index (Phi) is 5.67. The van der Waals surface area contributed by atoms with E-state index in [2.05, 4.69) is 10.6 Å². The van der Waals surface area contributed by atoms with E-state index in [9.17, 15) is 4.79 Å². The van der Waals surface area contributed by atoms with Crippen LogP contribution >= 0.6 is 11.6 Å². The van der Waals surface area contributed by atoms with Crippen molar-refractivity contribution < 1.29 is 9.53 Å². The maximum Gasteiger partial charge on any atom is 0.239 e. The SMILES string of the molecule is COc1ccccc1NCC(=O)NC(C)c1ccc(Cl)cc1. The molecule has 1 atom stereocenters. The molecule has 0 aliphatic heterocycles. The van der Waals surface area contributed by atoms with Crippen LogP contribution in [0.1, 0.15) is 18.5 Å². The number of carbonyl (C=O) groups excluding carboxylic acids is 1. The van der Waals surface area contributed by atoms with Crippen LogP contribution in [0.2, 0.25) is 5.02 Å². The molecule has 0 radical (unpaired) electrons. The summed E-state index contributed by atoms with van der Waals surface area (Å²) >= 11 is 5.86. The van der Waals surface area contributed by atoms with Crippen LogP contribution in [0.15, 0.2) is 48.5 Å². The molecule has 2 rings (SSSR count). The summed E-state index contributed by atoms with van der Waals surface area (Å²) in [6.45, 7) is 2.11. The summed E-state index contributed by atoms with van der Waals surface area (Å²) < 4.78 is 5.23. The lowest BCUT2D eigenvalue weighted by Crippen LogP contribution is -2.32. The molecule has 0 aliphatic rings. The van der Waals surface area contributed by atoms with Gasteiger partial charge in [0.1, 0.15) is 5.75 Å². The minimum absolute atomic E-state index is 0.0794. The van der Waals surface area contributed by atoms with Gasteiger partial charge in [0.05, 0.1) is 25.4 Å². The van der Waals surface area contributed by atoms with Gasteiger partial charge in [-0.25, -0.2) is 0 Å². The van der Waals surface area contributed by atoms with Gasteiger partial charge in [-0.05, 0) is 36.8 Å². The van der Waals surface area contributed by atoms with E-state index in [1.54, 1.807) is 7.11 Å². The molecular formula is C17H19ClN2O2. The monoisotopic (exact) mass is 318 g/mol. The van der Waals surface area contributed by atoms with Gasteiger partial charge in [-0.1, -0.05) is 35.9 Å². The zero-order chi connectivity index (χ0) is 15.9. The highest BCUT2D eigenvalue weighted by atomic mass is 35.5. The predicted octanol–water partition coefficient (Wildman–Crippen LogP) is 3.64. The average Bonchev–Trinajstić information content (AvgIpc) is 2.53. The highest BCUT2D eigenvalue weighted by Crippen LogP contribution is 2.22. The lowest BCUT2D eigenvalue weighted by Gasteiger charge is -2.16. The highest BCUT2D eigenvalue weighted by molar-refractivity contribution is 6.30. The van der Waals surface area contributed by atoms with Crippen LogP contribution in [0.25, 0.3) is 0 Å². The molecule has 0 saturated heterocycles. The lowest BCUT2D eigenvalue weighted by atomic mass is 10.1. The minimum atomic E-state index is -0.0895. The molecule has 0 spiro atoms. The van der Waals surface area contributed by atoms with Crippen molar-refractivity contribution >= 4 is 23.2 Å². The van der Waals surface area contributed by atoms with Crippen LogP contribution in [-0.2, 0) is 4.79 Å². The van der Waals surface area contributed by atoms with Crippen LogP contribution < -0.4 is 15.4 Å². The number of hydrogen-bond acceptors (Lipinski definition) is 3. The Hall–Kier alpha value is -2.20. The standard InChI is InChI=1S/C17H19ClN2O2/c1-12(13-7-9-14(18)10-8-13)20-17(21)11-19-15-5-3-4-6-16(15)22-2/h3-10,12,19H,11H2,1-2H3,(H,20,21). The quantitative estimate of drug-likeness (QED) is 0.855. The van der Waals surface area contributed by atoms with Crippen molar-refractivity contribution in [2.45, 2.75) is 13.0 Å². The van der Waals surface area contributed by atoms with Crippen LogP contribution in [0, 0.1) is 0 Å². The van der Waals surface area contributed by atoms with Gasteiger partial charge in [0.25, 0.3) is 0 Å². The first-order valence-electron chi connectivity index (χ1n) is 7.02. The Morgan fingerprint density at radius 2 is 1.86 bits per heavy atom. The summed E-state index contributed by atoms with van der Waals surface area (Å²) in [5.41, 5.74) is 1.80. The first-order chi connectivity index (χ1) is 10.6. The smallest absolute Gasteiger partial charge is 0.239 e. The Labute approximate surface area is 135 Å². The van der Waals surface area contributed by atoms with Crippen molar-refractivity contribution in [1.29, 1.82) is 0 Å². The Balaban J connectivity index is 1.88. The van der Waals surface area contributed by atoms with Gasteiger partial charge in [-0.2, -0.15) is 0 Å². The molecule has 0 heterocycles. The maximum atomic E-state index is 12.0. The van der Waals surface area contributed by atoms with Gasteiger partial charge in [-0.3, -0.25) is 4.79 Å². The summed E-state index contributed by atoms with van der Waals surface area (Å²) in [6.07, 6.45) is 0. The second-order valence-electron chi connectivity index (χ2n) is 4.89. The topological polar surface area (TPSA) is 50.4 Å². The summed E-state index contributed by atoms with van der Waals surface area (Å²) in [5, 5.41) is 6.69. The number of rotatable bonds is 6. The van der Waals surface area contributed by atoms with Crippen molar-refractivity contribution in [2.75, 3.05) is 19.0 Å². The number of hydrogen-bond donors (Lipinski definition) is 2. The number of nitrogens with one attached hydrogen (secondary N) is 2. The Morgan fingerprint density at radius 3 is 2.55 bits per heavy atom. The van der Waals surface area contributed by atoms with Gasteiger partial charge >= 0.3 is 0 Å². The zero-order valence-electron chi connectivity index (χ0n) is 12.6. The molecule has 2 N–H and O–H groups in total. The molecule has 2 aromatic carbocycles. The molecule has 116 valence electrons. The van der Waals surface area contributed by atoms with Crippen LogP contribution in [-0.4, -0.2) is 19.6 Å². The Morgan fingerprint density at radius 1 is 1.18 bits per heavy atom. The number of amides is 1.